The Labute approximate surface area is 188 Å². The number of aromatic nitrogens is 3. The largest absolute Gasteiger partial charge is 0.496 e. The summed E-state index contributed by atoms with van der Waals surface area (Å²) < 4.78 is 50.7. The lowest BCUT2D eigenvalue weighted by Crippen LogP contribution is -2.12. The Kier molecular flexibility index (Phi) is 6.73. The number of methoxy groups -OCH3 is 1. The van der Waals surface area contributed by atoms with Crippen molar-refractivity contribution >= 4 is 18.4 Å². The van der Waals surface area contributed by atoms with E-state index in [1.165, 1.54) is 18.9 Å². The highest BCUT2D eigenvalue weighted by atomic mass is 32.1. The molecule has 3 aromatic rings. The summed E-state index contributed by atoms with van der Waals surface area (Å²) in [5.41, 5.74) is 2.49. The zero-order chi connectivity index (χ0) is 23.5. The Bertz CT molecular complexity index is 1160. The minimum atomic E-state index is -4.69. The van der Waals surface area contributed by atoms with Crippen LogP contribution >= 0.6 is 12.2 Å². The molecule has 1 aromatic heterocycles. The van der Waals surface area contributed by atoms with Crippen LogP contribution in [0.5, 0.6) is 11.5 Å². The highest BCUT2D eigenvalue weighted by molar-refractivity contribution is 7.71. The quantitative estimate of drug-likeness (QED) is 0.374. The van der Waals surface area contributed by atoms with E-state index in [9.17, 15) is 13.2 Å². The van der Waals surface area contributed by atoms with Crippen LogP contribution in [0, 0.1) is 4.77 Å². The molecule has 1 N–H and O–H groups in total. The van der Waals surface area contributed by atoms with Gasteiger partial charge in [0.2, 0.25) is 4.77 Å². The van der Waals surface area contributed by atoms with Crippen LogP contribution in [0.15, 0.2) is 47.6 Å². The second-order valence-electron chi connectivity index (χ2n) is 8.04. The first-order valence-corrected chi connectivity index (χ1v) is 10.1. The predicted molar refractivity (Wildman–Crippen MR) is 118 cm³/mol. The predicted octanol–water partition coefficient (Wildman–Crippen LogP) is 5.73. The zero-order valence-electron chi connectivity index (χ0n) is 18.0. The van der Waals surface area contributed by atoms with Gasteiger partial charge < -0.3 is 9.47 Å². The molecule has 170 valence electrons. The average Bonchev–Trinajstić information content (AvgIpc) is 3.11. The van der Waals surface area contributed by atoms with Crippen molar-refractivity contribution in [2.45, 2.75) is 39.0 Å². The molecule has 6 nitrogen and oxygen atoms in total. The van der Waals surface area contributed by atoms with Gasteiger partial charge in [-0.3, -0.25) is 0 Å². The normalized spacial score (nSPS) is 12.3. The van der Waals surface area contributed by atoms with Crippen LogP contribution in [-0.2, 0) is 18.2 Å². The minimum Gasteiger partial charge on any atom is -0.496 e. The molecule has 32 heavy (non-hydrogen) atoms. The zero-order valence-corrected chi connectivity index (χ0v) is 18.8. The second kappa shape index (κ2) is 9.15. The van der Waals surface area contributed by atoms with E-state index in [1.54, 1.807) is 18.2 Å². The lowest BCUT2D eigenvalue weighted by molar-refractivity contribution is -0.147. The Hall–Kier alpha value is -3.14. The maximum atomic E-state index is 13.0. The fourth-order valence-corrected chi connectivity index (χ4v) is 3.09. The van der Waals surface area contributed by atoms with Crippen molar-refractivity contribution in [2.75, 3.05) is 7.11 Å². The van der Waals surface area contributed by atoms with Crippen LogP contribution in [0.3, 0.4) is 0 Å². The van der Waals surface area contributed by atoms with Gasteiger partial charge in [0.1, 0.15) is 18.1 Å². The number of rotatable bonds is 6. The lowest BCUT2D eigenvalue weighted by atomic mass is 9.87. The summed E-state index contributed by atoms with van der Waals surface area (Å²) >= 11 is 4.84. The first-order chi connectivity index (χ1) is 15.0. The first-order valence-electron chi connectivity index (χ1n) is 9.68. The van der Waals surface area contributed by atoms with Gasteiger partial charge in [0.15, 0.2) is 0 Å². The van der Waals surface area contributed by atoms with Crippen molar-refractivity contribution in [1.29, 1.82) is 0 Å². The number of hydrogen-bond acceptors (Lipinski definition) is 5. The van der Waals surface area contributed by atoms with Gasteiger partial charge in [0.25, 0.3) is 5.82 Å². The van der Waals surface area contributed by atoms with Gasteiger partial charge in [-0.2, -0.15) is 22.9 Å². The number of ether oxygens (including phenoxy) is 2. The molecular weight excluding hydrogens is 441 g/mol. The Morgan fingerprint density at radius 1 is 1.12 bits per heavy atom. The van der Waals surface area contributed by atoms with Gasteiger partial charge in [-0.1, -0.05) is 32.9 Å². The molecule has 0 saturated heterocycles. The third-order valence-electron chi connectivity index (χ3n) is 4.65. The SMILES string of the molecule is COc1ccc(/C=N/n2c(C(F)(F)F)n[nH]c2=S)cc1COc1ccc(C(C)(C)C)cc1. The van der Waals surface area contributed by atoms with Gasteiger partial charge in [-0.15, -0.1) is 5.10 Å². The molecule has 0 aliphatic rings. The van der Waals surface area contributed by atoms with E-state index < -0.39 is 12.0 Å². The molecule has 0 radical (unpaired) electrons. The van der Waals surface area contributed by atoms with E-state index in [4.69, 9.17) is 21.7 Å². The van der Waals surface area contributed by atoms with Gasteiger partial charge in [-0.25, -0.2) is 5.10 Å². The van der Waals surface area contributed by atoms with Crippen molar-refractivity contribution in [1.82, 2.24) is 14.9 Å². The van der Waals surface area contributed by atoms with E-state index in [0.717, 1.165) is 0 Å². The average molecular weight is 465 g/mol. The van der Waals surface area contributed by atoms with Gasteiger partial charge in [-0.05, 0) is 59.1 Å². The second-order valence-corrected chi connectivity index (χ2v) is 8.43. The van der Waals surface area contributed by atoms with Crippen LogP contribution in [-0.4, -0.2) is 28.2 Å². The van der Waals surface area contributed by atoms with Crippen molar-refractivity contribution in [3.05, 3.63) is 69.8 Å². The van der Waals surface area contributed by atoms with Crippen LogP contribution in [0.25, 0.3) is 0 Å². The number of nitrogens with one attached hydrogen (secondary N) is 1. The molecule has 0 saturated carbocycles. The summed E-state index contributed by atoms with van der Waals surface area (Å²) in [6.45, 7) is 6.61. The third-order valence-corrected chi connectivity index (χ3v) is 4.91. The number of alkyl halides is 3. The summed E-state index contributed by atoms with van der Waals surface area (Å²) in [6.07, 6.45) is -3.42. The van der Waals surface area contributed by atoms with Crippen LogP contribution < -0.4 is 9.47 Å². The summed E-state index contributed by atoms with van der Waals surface area (Å²) in [7, 11) is 1.53. The lowest BCUT2D eigenvalue weighted by Gasteiger charge is -2.19. The number of benzene rings is 2. The Morgan fingerprint density at radius 2 is 1.81 bits per heavy atom. The number of halogens is 3. The van der Waals surface area contributed by atoms with Crippen LogP contribution in [0.1, 0.15) is 43.3 Å². The number of nitrogens with zero attached hydrogens (tertiary/aromatic N) is 3. The van der Waals surface area contributed by atoms with E-state index in [0.29, 0.717) is 27.3 Å². The number of H-pyrrole nitrogens is 1. The monoisotopic (exact) mass is 464 g/mol. The van der Waals surface area contributed by atoms with Gasteiger partial charge >= 0.3 is 6.18 Å². The van der Waals surface area contributed by atoms with E-state index >= 15 is 0 Å². The Morgan fingerprint density at radius 3 is 2.41 bits per heavy atom. The highest BCUT2D eigenvalue weighted by Gasteiger charge is 2.37. The first kappa shape index (κ1) is 23.5. The summed E-state index contributed by atoms with van der Waals surface area (Å²) in [5, 5.41) is 9.14. The molecule has 3 rings (SSSR count). The topological polar surface area (TPSA) is 64.4 Å². The molecule has 0 spiro atoms. The molecule has 0 atom stereocenters. The minimum absolute atomic E-state index is 0.0410. The maximum Gasteiger partial charge on any atom is 0.453 e. The van der Waals surface area contributed by atoms with Crippen molar-refractivity contribution in [2.24, 2.45) is 5.10 Å². The standard InChI is InChI=1S/C22H23F3N4O2S/c1-21(2,3)16-6-8-17(9-7-16)31-13-15-11-14(5-10-18(15)30-4)12-26-29-19(22(23,24)25)27-28-20(29)32/h5-12H,13H2,1-4H3,(H,28,32)/b26-12+. The number of aromatic amines is 1. The smallest absolute Gasteiger partial charge is 0.453 e. The van der Waals surface area contributed by atoms with Crippen molar-refractivity contribution in [3.63, 3.8) is 0 Å². The van der Waals surface area contributed by atoms with Crippen LogP contribution in [0.2, 0.25) is 0 Å². The van der Waals surface area contributed by atoms with E-state index in [1.807, 2.05) is 24.3 Å². The molecule has 0 bridgehead atoms. The molecule has 0 amide bonds. The molecule has 0 aliphatic heterocycles. The fraction of sp³-hybridized carbons (Fsp3) is 0.318. The summed E-state index contributed by atoms with van der Waals surface area (Å²) in [4.78, 5) is 0. The van der Waals surface area contributed by atoms with Gasteiger partial charge in [0.05, 0.1) is 13.3 Å². The molecule has 0 unspecified atom stereocenters. The molecule has 10 heteroatoms. The maximum absolute atomic E-state index is 13.0. The summed E-state index contributed by atoms with van der Waals surface area (Å²) in [6, 6.07) is 12.9. The van der Waals surface area contributed by atoms with Crippen molar-refractivity contribution in [3.8, 4) is 11.5 Å². The number of hydrogen-bond donors (Lipinski definition) is 1. The highest BCUT2D eigenvalue weighted by Crippen LogP contribution is 2.28. The Balaban J connectivity index is 1.80. The molecule has 0 aliphatic carbocycles. The van der Waals surface area contributed by atoms with Crippen LogP contribution in [0.4, 0.5) is 13.2 Å². The molecule has 1 heterocycles. The van der Waals surface area contributed by atoms with Crippen molar-refractivity contribution < 1.29 is 22.6 Å². The van der Waals surface area contributed by atoms with E-state index in [2.05, 4.69) is 36.1 Å². The van der Waals surface area contributed by atoms with Gasteiger partial charge in [0, 0.05) is 5.56 Å². The van der Waals surface area contributed by atoms with E-state index in [-0.39, 0.29) is 16.8 Å². The summed E-state index contributed by atoms with van der Waals surface area (Å²) in [5.74, 6) is 0.0533. The molecular formula is C22H23F3N4O2S. The third kappa shape index (κ3) is 5.56. The molecule has 2 aromatic carbocycles. The molecule has 0 fully saturated rings. The fourth-order valence-electron chi connectivity index (χ4n) is 2.91.